The van der Waals surface area contributed by atoms with Crippen molar-refractivity contribution in [2.75, 3.05) is 0 Å². The number of hydrogen-bond donors (Lipinski definition) is 0. The van der Waals surface area contributed by atoms with Gasteiger partial charge in [-0.05, 0) is 68.8 Å². The van der Waals surface area contributed by atoms with Gasteiger partial charge in [-0.15, -0.1) is 0 Å². The lowest BCUT2D eigenvalue weighted by Crippen LogP contribution is -1.99. The molecule has 0 amide bonds. The first-order valence-corrected chi connectivity index (χ1v) is 15.9. The Morgan fingerprint density at radius 1 is 0.383 bits per heavy atom. The van der Waals surface area contributed by atoms with Crippen LogP contribution in [0, 0.1) is 0 Å². The molecule has 8 aromatic rings. The second-order valence-electron chi connectivity index (χ2n) is 11.7. The highest BCUT2D eigenvalue weighted by Crippen LogP contribution is 2.39. The molecule has 2 heteroatoms. The molecule has 1 heterocycles. The summed E-state index contributed by atoms with van der Waals surface area (Å²) in [5.41, 5.74) is 13.3. The molecule has 0 fully saturated rings. The molecule has 8 rings (SSSR count). The largest absolute Gasteiger partial charge is 0.309 e. The van der Waals surface area contributed by atoms with E-state index in [1.807, 2.05) is 24.3 Å². The van der Waals surface area contributed by atoms with Crippen molar-refractivity contribution in [2.45, 2.75) is 0 Å². The zero-order valence-electron chi connectivity index (χ0n) is 25.8. The maximum absolute atomic E-state index is 11.2. The fraction of sp³-hybridized carbons (Fsp3) is 0. The van der Waals surface area contributed by atoms with Gasteiger partial charge in [0.25, 0.3) is 0 Å². The van der Waals surface area contributed by atoms with Crippen molar-refractivity contribution in [2.24, 2.45) is 0 Å². The third-order valence-corrected chi connectivity index (χ3v) is 8.92. The molecule has 0 spiro atoms. The molecule has 0 atom stereocenters. The number of rotatable bonds is 7. The predicted octanol–water partition coefficient (Wildman–Crippen LogP) is 11.3. The Bertz CT molecular complexity index is 2310. The summed E-state index contributed by atoms with van der Waals surface area (Å²) >= 11 is 0. The van der Waals surface area contributed by atoms with Gasteiger partial charge in [0.2, 0.25) is 0 Å². The second kappa shape index (κ2) is 12.3. The molecule has 2 nitrogen and oxygen atoms in total. The summed E-state index contributed by atoms with van der Waals surface area (Å²) in [6.07, 6.45) is 0.879. The summed E-state index contributed by atoms with van der Waals surface area (Å²) in [4.78, 5) is 11.2. The van der Waals surface area contributed by atoms with Crippen LogP contribution in [-0.4, -0.2) is 10.9 Å². The van der Waals surface area contributed by atoms with Crippen LogP contribution in [0.4, 0.5) is 0 Å². The lowest BCUT2D eigenvalue weighted by Gasteiger charge is -2.19. The Hall–Kier alpha value is -6.25. The standard InChI is InChI=1S/C45H31NO/c47-31-32-19-21-33(22-20-32)34-23-25-37(26-24-34)44(35-11-3-1-4-12-35)45(36-13-5-2-6-14-36)38-27-29-39(30-28-38)46-42-17-9-7-15-40(42)41-16-8-10-18-43(41)46/h1-31H. The first kappa shape index (κ1) is 28.2. The highest BCUT2D eigenvalue weighted by molar-refractivity contribution is 6.09. The lowest BCUT2D eigenvalue weighted by atomic mass is 9.85. The first-order chi connectivity index (χ1) is 23.3. The fourth-order valence-electron chi connectivity index (χ4n) is 6.68. The predicted molar refractivity (Wildman–Crippen MR) is 196 cm³/mol. The second-order valence-corrected chi connectivity index (χ2v) is 11.7. The van der Waals surface area contributed by atoms with Crippen LogP contribution in [0.1, 0.15) is 32.6 Å². The Balaban J connectivity index is 1.31. The third-order valence-electron chi connectivity index (χ3n) is 8.92. The van der Waals surface area contributed by atoms with Crippen molar-refractivity contribution in [3.05, 3.63) is 210 Å². The van der Waals surface area contributed by atoms with E-state index in [2.05, 4.69) is 162 Å². The summed E-state index contributed by atoms with van der Waals surface area (Å²) < 4.78 is 2.36. The lowest BCUT2D eigenvalue weighted by molar-refractivity contribution is 0.112. The molecule has 0 saturated carbocycles. The number of aldehydes is 1. The van der Waals surface area contributed by atoms with E-state index in [1.165, 1.54) is 33.0 Å². The van der Waals surface area contributed by atoms with E-state index < -0.39 is 0 Å². The number of para-hydroxylation sites is 2. The summed E-state index contributed by atoms with van der Waals surface area (Å²) in [6, 6.07) is 64.1. The van der Waals surface area contributed by atoms with Gasteiger partial charge in [0, 0.05) is 22.0 Å². The maximum atomic E-state index is 11.2. The molecule has 0 aliphatic rings. The van der Waals surface area contributed by atoms with Gasteiger partial charge >= 0.3 is 0 Å². The number of aromatic nitrogens is 1. The molecule has 0 N–H and O–H groups in total. The normalized spacial score (nSPS) is 11.8. The van der Waals surface area contributed by atoms with Crippen LogP contribution in [-0.2, 0) is 0 Å². The van der Waals surface area contributed by atoms with Crippen molar-refractivity contribution in [1.29, 1.82) is 0 Å². The number of nitrogens with zero attached hydrogens (tertiary/aromatic N) is 1. The van der Waals surface area contributed by atoms with Gasteiger partial charge in [-0.1, -0.05) is 158 Å². The van der Waals surface area contributed by atoms with Crippen LogP contribution in [0.3, 0.4) is 0 Å². The molecule has 0 radical (unpaired) electrons. The van der Waals surface area contributed by atoms with Gasteiger partial charge in [-0.25, -0.2) is 0 Å². The number of carbonyl (C=O) groups excluding carboxylic acids is 1. The molecule has 0 unspecified atom stereocenters. The quantitative estimate of drug-likeness (QED) is 0.132. The van der Waals surface area contributed by atoms with Gasteiger partial charge in [0.15, 0.2) is 0 Å². The highest BCUT2D eigenvalue weighted by Gasteiger charge is 2.17. The smallest absolute Gasteiger partial charge is 0.150 e. The molecular weight excluding hydrogens is 571 g/mol. The van der Waals surface area contributed by atoms with E-state index in [0.29, 0.717) is 5.56 Å². The first-order valence-electron chi connectivity index (χ1n) is 15.9. The molecule has 1 aromatic heterocycles. The summed E-state index contributed by atoms with van der Waals surface area (Å²) in [7, 11) is 0. The molecule has 0 bridgehead atoms. The van der Waals surface area contributed by atoms with Gasteiger partial charge in [-0.2, -0.15) is 0 Å². The molecule has 0 aliphatic carbocycles. The van der Waals surface area contributed by atoms with Crippen LogP contribution >= 0.6 is 0 Å². The Morgan fingerprint density at radius 3 is 1.23 bits per heavy atom. The molecule has 47 heavy (non-hydrogen) atoms. The minimum atomic E-state index is 0.677. The molecule has 0 aliphatic heterocycles. The van der Waals surface area contributed by atoms with Crippen LogP contribution in [0.15, 0.2) is 182 Å². The summed E-state index contributed by atoms with van der Waals surface area (Å²) in [6.45, 7) is 0. The Labute approximate surface area is 274 Å². The van der Waals surface area contributed by atoms with E-state index in [9.17, 15) is 4.79 Å². The minimum absolute atomic E-state index is 0.677. The zero-order valence-corrected chi connectivity index (χ0v) is 25.8. The van der Waals surface area contributed by atoms with E-state index in [0.717, 1.165) is 45.4 Å². The van der Waals surface area contributed by atoms with E-state index >= 15 is 0 Å². The van der Waals surface area contributed by atoms with Gasteiger partial charge < -0.3 is 4.57 Å². The number of hydrogen-bond acceptors (Lipinski definition) is 1. The monoisotopic (exact) mass is 601 g/mol. The van der Waals surface area contributed by atoms with Crippen molar-refractivity contribution in [3.8, 4) is 16.8 Å². The average Bonchev–Trinajstić information content (AvgIpc) is 3.49. The van der Waals surface area contributed by atoms with Crippen LogP contribution in [0.25, 0.3) is 49.8 Å². The van der Waals surface area contributed by atoms with Gasteiger partial charge in [-0.3, -0.25) is 4.79 Å². The topological polar surface area (TPSA) is 22.0 Å². The molecule has 7 aromatic carbocycles. The molecule has 222 valence electrons. The highest BCUT2D eigenvalue weighted by atomic mass is 16.1. The fourth-order valence-corrected chi connectivity index (χ4v) is 6.68. The van der Waals surface area contributed by atoms with E-state index in [4.69, 9.17) is 0 Å². The Kier molecular flexibility index (Phi) is 7.37. The van der Waals surface area contributed by atoms with Gasteiger partial charge in [0.1, 0.15) is 6.29 Å². The number of carbonyl (C=O) groups is 1. The van der Waals surface area contributed by atoms with Crippen LogP contribution in [0.2, 0.25) is 0 Å². The molecule has 0 saturated heterocycles. The average molecular weight is 602 g/mol. The van der Waals surface area contributed by atoms with Crippen molar-refractivity contribution in [1.82, 2.24) is 4.57 Å². The van der Waals surface area contributed by atoms with Crippen molar-refractivity contribution < 1.29 is 4.79 Å². The van der Waals surface area contributed by atoms with Crippen LogP contribution < -0.4 is 0 Å². The van der Waals surface area contributed by atoms with E-state index in [1.54, 1.807) is 0 Å². The van der Waals surface area contributed by atoms with Crippen molar-refractivity contribution >= 4 is 39.2 Å². The number of benzene rings is 7. The van der Waals surface area contributed by atoms with Crippen molar-refractivity contribution in [3.63, 3.8) is 0 Å². The third kappa shape index (κ3) is 5.26. The molecular formula is C45H31NO. The van der Waals surface area contributed by atoms with Crippen LogP contribution in [0.5, 0.6) is 0 Å². The Morgan fingerprint density at radius 2 is 0.766 bits per heavy atom. The summed E-state index contributed by atoms with van der Waals surface area (Å²) in [5.74, 6) is 0. The van der Waals surface area contributed by atoms with E-state index in [-0.39, 0.29) is 0 Å². The maximum Gasteiger partial charge on any atom is 0.150 e. The minimum Gasteiger partial charge on any atom is -0.309 e. The zero-order chi connectivity index (χ0) is 31.6. The van der Waals surface area contributed by atoms with Gasteiger partial charge in [0.05, 0.1) is 11.0 Å². The summed E-state index contributed by atoms with van der Waals surface area (Å²) in [5, 5.41) is 2.51. The number of fused-ring (bicyclic) bond motifs is 3. The SMILES string of the molecule is O=Cc1ccc(-c2ccc(C(=C(c3ccccc3)c3ccc(-n4c5ccccc5c5ccccc54)cc3)c3ccccc3)cc2)cc1.